The first-order valence-corrected chi connectivity index (χ1v) is 4.81. The molecule has 5 nitrogen and oxygen atoms in total. The fourth-order valence-electron chi connectivity index (χ4n) is 1.01. The van der Waals surface area contributed by atoms with E-state index in [4.69, 9.17) is 10.5 Å². The van der Waals surface area contributed by atoms with Crippen LogP contribution < -0.4 is 5.73 Å². The van der Waals surface area contributed by atoms with Gasteiger partial charge in [-0.1, -0.05) is 0 Å². The van der Waals surface area contributed by atoms with Gasteiger partial charge in [0.05, 0.1) is 6.04 Å². The van der Waals surface area contributed by atoms with Crippen molar-refractivity contribution in [3.8, 4) is 0 Å². The van der Waals surface area contributed by atoms with Crippen LogP contribution in [0.2, 0.25) is 0 Å². The van der Waals surface area contributed by atoms with Gasteiger partial charge in [-0.3, -0.25) is 0 Å². The highest BCUT2D eigenvalue weighted by Gasteiger charge is 2.11. The number of anilines is 1. The first kappa shape index (κ1) is 10.5. The van der Waals surface area contributed by atoms with Crippen LogP contribution in [0.15, 0.2) is 4.73 Å². The lowest BCUT2D eigenvalue weighted by molar-refractivity contribution is 0.178. The average molecular weight is 249 g/mol. The monoisotopic (exact) mass is 248 g/mol. The molecule has 0 radical (unpaired) electrons. The Kier molecular flexibility index (Phi) is 3.68. The molecule has 74 valence electrons. The molecule has 0 spiro atoms. The van der Waals surface area contributed by atoms with Crippen molar-refractivity contribution in [2.24, 2.45) is 0 Å². The van der Waals surface area contributed by atoms with E-state index in [1.54, 1.807) is 11.8 Å². The largest absolute Gasteiger partial charge is 0.385 e. The number of nitrogens with two attached hydrogens (primary N) is 1. The highest BCUT2D eigenvalue weighted by atomic mass is 79.9. The third-order valence-electron chi connectivity index (χ3n) is 1.76. The van der Waals surface area contributed by atoms with Gasteiger partial charge in [-0.2, -0.15) is 4.98 Å². The molecule has 0 aliphatic heterocycles. The van der Waals surface area contributed by atoms with Gasteiger partial charge in [0, 0.05) is 13.7 Å². The van der Waals surface area contributed by atoms with Gasteiger partial charge in [-0.05, 0) is 29.3 Å². The van der Waals surface area contributed by atoms with E-state index in [0.29, 0.717) is 11.3 Å². The fraction of sp³-hybridized carbons (Fsp3) is 0.714. The summed E-state index contributed by atoms with van der Waals surface area (Å²) in [5, 5.41) is 4.04. The first-order chi connectivity index (χ1) is 6.15. The van der Waals surface area contributed by atoms with Crippen molar-refractivity contribution in [2.75, 3.05) is 19.5 Å². The van der Waals surface area contributed by atoms with Crippen molar-refractivity contribution in [1.29, 1.82) is 0 Å². The van der Waals surface area contributed by atoms with Gasteiger partial charge in [-0.15, -0.1) is 5.10 Å². The zero-order chi connectivity index (χ0) is 9.84. The third kappa shape index (κ3) is 2.67. The molecule has 13 heavy (non-hydrogen) atoms. The molecule has 0 saturated heterocycles. The molecule has 0 saturated carbocycles. The minimum Gasteiger partial charge on any atom is -0.385 e. The molecule has 1 aromatic heterocycles. The number of nitrogens with zero attached hydrogens (tertiary/aromatic N) is 3. The van der Waals surface area contributed by atoms with Gasteiger partial charge < -0.3 is 10.5 Å². The highest BCUT2D eigenvalue weighted by Crippen LogP contribution is 2.17. The number of nitrogen functional groups attached to an aromatic ring is 1. The number of hydrogen-bond acceptors (Lipinski definition) is 4. The molecular formula is C7H13BrN4O. The molecule has 0 amide bonds. The first-order valence-electron chi connectivity index (χ1n) is 4.01. The topological polar surface area (TPSA) is 66.0 Å². The zero-order valence-electron chi connectivity index (χ0n) is 7.70. The van der Waals surface area contributed by atoms with E-state index in [9.17, 15) is 0 Å². The summed E-state index contributed by atoms with van der Waals surface area (Å²) in [6.07, 6.45) is 0.887. The maximum Gasteiger partial charge on any atom is 0.240 e. The summed E-state index contributed by atoms with van der Waals surface area (Å²) in [5.74, 6) is 0.288. The van der Waals surface area contributed by atoms with Gasteiger partial charge in [0.1, 0.15) is 0 Å². The van der Waals surface area contributed by atoms with Crippen molar-refractivity contribution in [1.82, 2.24) is 14.8 Å². The summed E-state index contributed by atoms with van der Waals surface area (Å²) in [6, 6.07) is 0.235. The normalized spacial score (nSPS) is 13.2. The van der Waals surface area contributed by atoms with Gasteiger partial charge in [0.15, 0.2) is 4.73 Å². The minimum absolute atomic E-state index is 0.235. The molecule has 6 heteroatoms. The van der Waals surface area contributed by atoms with E-state index < -0.39 is 0 Å². The molecule has 1 atom stereocenters. The van der Waals surface area contributed by atoms with Crippen LogP contribution in [0.25, 0.3) is 0 Å². The Labute approximate surface area is 85.4 Å². The summed E-state index contributed by atoms with van der Waals surface area (Å²) in [5.41, 5.74) is 5.44. The van der Waals surface area contributed by atoms with Crippen molar-refractivity contribution in [3.05, 3.63) is 4.73 Å². The van der Waals surface area contributed by atoms with Crippen LogP contribution in [0, 0.1) is 0 Å². The Bertz CT molecular complexity index is 275. The summed E-state index contributed by atoms with van der Waals surface area (Å²) in [6.45, 7) is 2.74. The number of hydrogen-bond donors (Lipinski definition) is 1. The van der Waals surface area contributed by atoms with Crippen LogP contribution in [-0.4, -0.2) is 28.5 Å². The molecule has 0 aromatic carbocycles. The van der Waals surface area contributed by atoms with Gasteiger partial charge in [0.2, 0.25) is 5.95 Å². The van der Waals surface area contributed by atoms with E-state index >= 15 is 0 Å². The van der Waals surface area contributed by atoms with Gasteiger partial charge in [0.25, 0.3) is 0 Å². The Hall–Kier alpha value is -0.620. The maximum atomic E-state index is 5.44. The highest BCUT2D eigenvalue weighted by molar-refractivity contribution is 9.10. The summed E-state index contributed by atoms with van der Waals surface area (Å²) >= 11 is 3.28. The molecule has 1 heterocycles. The van der Waals surface area contributed by atoms with E-state index in [-0.39, 0.29) is 12.0 Å². The summed E-state index contributed by atoms with van der Waals surface area (Å²) in [7, 11) is 1.68. The molecule has 2 N–H and O–H groups in total. The smallest absolute Gasteiger partial charge is 0.240 e. The number of ether oxygens (including phenoxy) is 1. The quantitative estimate of drug-likeness (QED) is 0.871. The van der Waals surface area contributed by atoms with E-state index in [1.165, 1.54) is 0 Å². The number of rotatable bonds is 4. The third-order valence-corrected chi connectivity index (χ3v) is 2.30. The van der Waals surface area contributed by atoms with Crippen molar-refractivity contribution < 1.29 is 4.74 Å². The number of halogens is 1. The van der Waals surface area contributed by atoms with Gasteiger partial charge >= 0.3 is 0 Å². The van der Waals surface area contributed by atoms with Crippen LogP contribution in [0.5, 0.6) is 0 Å². The van der Waals surface area contributed by atoms with Crippen LogP contribution in [0.3, 0.4) is 0 Å². The maximum absolute atomic E-state index is 5.44. The standard InChI is InChI=1S/C7H13BrN4O/c1-5(3-4-13-2)12-6(8)10-7(9)11-12/h5H,3-4H2,1-2H3,(H2,9,11). The van der Waals surface area contributed by atoms with Crippen molar-refractivity contribution in [3.63, 3.8) is 0 Å². The fourth-order valence-corrected chi connectivity index (χ4v) is 1.62. The van der Waals surface area contributed by atoms with Crippen LogP contribution in [-0.2, 0) is 4.74 Å². The Morgan fingerprint density at radius 2 is 2.38 bits per heavy atom. The van der Waals surface area contributed by atoms with Gasteiger partial charge in [-0.25, -0.2) is 4.68 Å². The molecule has 1 unspecified atom stereocenters. The van der Waals surface area contributed by atoms with E-state index in [1.807, 2.05) is 6.92 Å². The second-order valence-electron chi connectivity index (χ2n) is 2.81. The van der Waals surface area contributed by atoms with E-state index in [0.717, 1.165) is 6.42 Å². The summed E-state index contributed by atoms with van der Waals surface area (Å²) < 4.78 is 7.38. The molecule has 1 aromatic rings. The van der Waals surface area contributed by atoms with Crippen LogP contribution in [0.1, 0.15) is 19.4 Å². The molecule has 0 fully saturated rings. The second kappa shape index (κ2) is 4.57. The predicted molar refractivity (Wildman–Crippen MR) is 53.3 cm³/mol. The lowest BCUT2D eigenvalue weighted by atomic mass is 10.2. The average Bonchev–Trinajstić information content (AvgIpc) is 2.41. The lowest BCUT2D eigenvalue weighted by Gasteiger charge is -2.11. The molecular weight excluding hydrogens is 236 g/mol. The molecule has 0 aliphatic carbocycles. The Morgan fingerprint density at radius 1 is 1.69 bits per heavy atom. The van der Waals surface area contributed by atoms with Crippen molar-refractivity contribution >= 4 is 21.9 Å². The SMILES string of the molecule is COCCC(C)n1nc(N)nc1Br. The second-order valence-corrected chi connectivity index (χ2v) is 3.52. The zero-order valence-corrected chi connectivity index (χ0v) is 9.28. The molecule has 0 bridgehead atoms. The summed E-state index contributed by atoms with van der Waals surface area (Å²) in [4.78, 5) is 3.95. The lowest BCUT2D eigenvalue weighted by Crippen LogP contribution is -2.10. The predicted octanol–water partition coefficient (Wildman–Crippen LogP) is 1.22. The Balaban J connectivity index is 2.64. The molecule has 0 aliphatic rings. The van der Waals surface area contributed by atoms with Crippen LogP contribution >= 0.6 is 15.9 Å². The minimum atomic E-state index is 0.235. The Morgan fingerprint density at radius 3 is 2.85 bits per heavy atom. The molecule has 1 rings (SSSR count). The number of aromatic nitrogens is 3. The van der Waals surface area contributed by atoms with Crippen molar-refractivity contribution in [2.45, 2.75) is 19.4 Å². The van der Waals surface area contributed by atoms with Crippen LogP contribution in [0.4, 0.5) is 5.95 Å². The number of methoxy groups -OCH3 is 1. The van der Waals surface area contributed by atoms with E-state index in [2.05, 4.69) is 26.0 Å².